The fraction of sp³-hybridized carbons (Fsp3) is 0.200. The van der Waals surface area contributed by atoms with E-state index in [4.69, 9.17) is 14.2 Å². The SMILES string of the molecule is COc1ccccc1OCCN(C[C@@H](O)COc1cccc2[nH]c3ccccc3c12)C(=O)[C@@H](C)c1cccc(C(=O)c2ccccc2)c1. The van der Waals surface area contributed by atoms with Gasteiger partial charge >= 0.3 is 0 Å². The van der Waals surface area contributed by atoms with Gasteiger partial charge in [-0.25, -0.2) is 0 Å². The minimum Gasteiger partial charge on any atom is -0.493 e. The Morgan fingerprint density at radius 3 is 2.23 bits per heavy atom. The van der Waals surface area contributed by atoms with E-state index in [0.29, 0.717) is 33.9 Å². The number of aliphatic hydroxyl groups is 1. The van der Waals surface area contributed by atoms with Crippen LogP contribution in [0, 0.1) is 0 Å². The quantitative estimate of drug-likeness (QED) is 0.124. The Kier molecular flexibility index (Phi) is 10.0. The number of fused-ring (bicyclic) bond motifs is 3. The summed E-state index contributed by atoms with van der Waals surface area (Å²) in [4.78, 5) is 32.2. The number of hydrogen-bond acceptors (Lipinski definition) is 6. The third-order valence-electron chi connectivity index (χ3n) is 8.41. The minimum absolute atomic E-state index is 0.0188. The second kappa shape index (κ2) is 14.9. The molecule has 0 saturated heterocycles. The van der Waals surface area contributed by atoms with Crippen LogP contribution in [0.5, 0.6) is 17.2 Å². The molecule has 6 rings (SSSR count). The van der Waals surface area contributed by atoms with Gasteiger partial charge < -0.3 is 29.2 Å². The number of nitrogens with one attached hydrogen (secondary N) is 1. The first-order chi connectivity index (χ1) is 23.4. The van der Waals surface area contributed by atoms with Gasteiger partial charge in [-0.2, -0.15) is 0 Å². The first kappa shape index (κ1) is 32.3. The maximum Gasteiger partial charge on any atom is 0.230 e. The Bertz CT molecular complexity index is 2020. The molecule has 0 spiro atoms. The third-order valence-corrected chi connectivity index (χ3v) is 8.41. The molecule has 48 heavy (non-hydrogen) atoms. The highest BCUT2D eigenvalue weighted by Crippen LogP contribution is 2.33. The van der Waals surface area contributed by atoms with Crippen LogP contribution in [0.4, 0.5) is 0 Å². The van der Waals surface area contributed by atoms with E-state index in [0.717, 1.165) is 21.8 Å². The second-order valence-corrected chi connectivity index (χ2v) is 11.6. The molecule has 8 heteroatoms. The molecule has 0 bridgehead atoms. The number of para-hydroxylation sites is 3. The fourth-order valence-electron chi connectivity index (χ4n) is 5.90. The van der Waals surface area contributed by atoms with E-state index in [1.54, 1.807) is 54.5 Å². The van der Waals surface area contributed by atoms with Crippen LogP contribution < -0.4 is 14.2 Å². The fourth-order valence-corrected chi connectivity index (χ4v) is 5.90. The summed E-state index contributed by atoms with van der Waals surface area (Å²) in [5, 5.41) is 13.2. The molecule has 0 fully saturated rings. The largest absolute Gasteiger partial charge is 0.493 e. The molecular formula is C40H38N2O6. The molecule has 0 radical (unpaired) electrons. The molecule has 6 aromatic rings. The summed E-state index contributed by atoms with van der Waals surface area (Å²) in [6.45, 7) is 2.19. The normalized spacial score (nSPS) is 12.4. The average molecular weight is 643 g/mol. The van der Waals surface area contributed by atoms with Crippen molar-refractivity contribution >= 4 is 33.5 Å². The molecule has 1 heterocycles. The van der Waals surface area contributed by atoms with Crippen molar-refractivity contribution in [3.63, 3.8) is 0 Å². The Morgan fingerprint density at radius 2 is 1.42 bits per heavy atom. The van der Waals surface area contributed by atoms with Gasteiger partial charge in [-0.15, -0.1) is 0 Å². The van der Waals surface area contributed by atoms with Gasteiger partial charge in [0, 0.05) is 27.4 Å². The van der Waals surface area contributed by atoms with E-state index < -0.39 is 12.0 Å². The Labute approximate surface area is 279 Å². The Balaban J connectivity index is 1.19. The number of carbonyl (C=O) groups excluding carboxylic acids is 2. The number of aromatic amines is 1. The molecule has 5 aromatic carbocycles. The number of aromatic nitrogens is 1. The van der Waals surface area contributed by atoms with E-state index in [9.17, 15) is 14.7 Å². The average Bonchev–Trinajstić information content (AvgIpc) is 3.52. The monoisotopic (exact) mass is 642 g/mol. The van der Waals surface area contributed by atoms with Crippen LogP contribution in [0.3, 0.4) is 0 Å². The summed E-state index contributed by atoms with van der Waals surface area (Å²) in [5.74, 6) is 0.881. The van der Waals surface area contributed by atoms with Gasteiger partial charge in [-0.1, -0.05) is 84.9 Å². The lowest BCUT2D eigenvalue weighted by atomic mass is 9.94. The highest BCUT2D eigenvalue weighted by molar-refractivity contribution is 6.10. The highest BCUT2D eigenvalue weighted by Gasteiger charge is 2.26. The van der Waals surface area contributed by atoms with Gasteiger partial charge in [-0.05, 0) is 48.9 Å². The highest BCUT2D eigenvalue weighted by atomic mass is 16.5. The number of nitrogens with zero attached hydrogens (tertiary/aromatic N) is 1. The van der Waals surface area contributed by atoms with E-state index in [2.05, 4.69) is 4.98 Å². The maximum absolute atomic E-state index is 14.1. The van der Waals surface area contributed by atoms with Crippen molar-refractivity contribution in [2.75, 3.05) is 33.4 Å². The summed E-state index contributed by atoms with van der Waals surface area (Å²) in [7, 11) is 1.57. The molecule has 2 N–H and O–H groups in total. The molecule has 2 atom stereocenters. The standard InChI is InChI=1S/C40H38N2O6/c1-27(29-14-10-15-30(24-29)39(44)28-12-4-3-5-13-28)40(45)42(22-23-47-36-20-9-8-19-35(36)46-2)25-31(43)26-48-37-21-11-18-34-38(37)32-16-6-7-17-33(32)41-34/h3-21,24,27,31,41,43H,22-23,25-26H2,1-2H3/t27-,31+/m0/s1. The maximum atomic E-state index is 14.1. The van der Waals surface area contributed by atoms with E-state index in [1.807, 2.05) is 85.8 Å². The van der Waals surface area contributed by atoms with Crippen LogP contribution >= 0.6 is 0 Å². The van der Waals surface area contributed by atoms with Gasteiger partial charge in [-0.3, -0.25) is 9.59 Å². The summed E-state index contributed by atoms with van der Waals surface area (Å²) in [5.41, 5.74) is 3.73. The smallest absolute Gasteiger partial charge is 0.230 e. The van der Waals surface area contributed by atoms with Crippen LogP contribution in [-0.4, -0.2) is 66.2 Å². The van der Waals surface area contributed by atoms with Gasteiger partial charge in [0.05, 0.1) is 31.6 Å². The van der Waals surface area contributed by atoms with Crippen LogP contribution in [0.25, 0.3) is 21.8 Å². The van der Waals surface area contributed by atoms with Crippen LogP contribution in [0.15, 0.2) is 121 Å². The van der Waals surface area contributed by atoms with Crippen molar-refractivity contribution in [2.45, 2.75) is 18.9 Å². The number of ether oxygens (including phenoxy) is 3. The van der Waals surface area contributed by atoms with Crippen LogP contribution in [0.2, 0.25) is 0 Å². The van der Waals surface area contributed by atoms with Crippen molar-refractivity contribution in [3.05, 3.63) is 138 Å². The molecule has 0 aliphatic heterocycles. The van der Waals surface area contributed by atoms with Crippen LogP contribution in [-0.2, 0) is 4.79 Å². The molecular weight excluding hydrogens is 604 g/mol. The van der Waals surface area contributed by atoms with Crippen molar-refractivity contribution in [3.8, 4) is 17.2 Å². The van der Waals surface area contributed by atoms with Crippen LogP contribution in [0.1, 0.15) is 34.3 Å². The molecule has 1 aromatic heterocycles. The lowest BCUT2D eigenvalue weighted by molar-refractivity contribution is -0.134. The van der Waals surface area contributed by atoms with E-state index in [-0.39, 0.29) is 38.0 Å². The van der Waals surface area contributed by atoms with E-state index in [1.165, 1.54) is 0 Å². The number of methoxy groups -OCH3 is 1. The zero-order valence-electron chi connectivity index (χ0n) is 27.0. The first-order valence-electron chi connectivity index (χ1n) is 16.0. The van der Waals surface area contributed by atoms with Crippen molar-refractivity contribution < 1.29 is 28.9 Å². The first-order valence-corrected chi connectivity index (χ1v) is 16.0. The number of benzene rings is 5. The predicted molar refractivity (Wildman–Crippen MR) is 187 cm³/mol. The number of carbonyl (C=O) groups is 2. The molecule has 1 amide bonds. The molecule has 244 valence electrons. The van der Waals surface area contributed by atoms with Gasteiger partial charge in [0.2, 0.25) is 5.91 Å². The molecule has 0 unspecified atom stereocenters. The summed E-state index contributed by atoms with van der Waals surface area (Å²) < 4.78 is 17.6. The summed E-state index contributed by atoms with van der Waals surface area (Å²) >= 11 is 0. The Hall–Kier alpha value is -5.60. The van der Waals surface area contributed by atoms with Crippen molar-refractivity contribution in [1.82, 2.24) is 9.88 Å². The lowest BCUT2D eigenvalue weighted by Crippen LogP contribution is -2.43. The summed E-state index contributed by atoms with van der Waals surface area (Å²) in [6, 6.07) is 37.3. The number of ketones is 1. The lowest BCUT2D eigenvalue weighted by Gasteiger charge is -2.28. The second-order valence-electron chi connectivity index (χ2n) is 11.6. The molecule has 8 nitrogen and oxygen atoms in total. The molecule has 0 aliphatic rings. The van der Waals surface area contributed by atoms with Gasteiger partial charge in [0.25, 0.3) is 0 Å². The number of H-pyrrole nitrogens is 1. The zero-order chi connectivity index (χ0) is 33.5. The number of amides is 1. The molecule has 0 saturated carbocycles. The van der Waals surface area contributed by atoms with Crippen molar-refractivity contribution in [1.29, 1.82) is 0 Å². The number of rotatable bonds is 14. The topological polar surface area (TPSA) is 101 Å². The Morgan fingerprint density at radius 1 is 0.750 bits per heavy atom. The van der Waals surface area contributed by atoms with E-state index >= 15 is 0 Å². The summed E-state index contributed by atoms with van der Waals surface area (Å²) in [6.07, 6.45) is -0.987. The van der Waals surface area contributed by atoms with Crippen molar-refractivity contribution in [2.24, 2.45) is 0 Å². The van der Waals surface area contributed by atoms with Gasteiger partial charge in [0.1, 0.15) is 25.1 Å². The number of aliphatic hydroxyl groups excluding tert-OH is 1. The minimum atomic E-state index is -0.987. The number of hydrogen-bond donors (Lipinski definition) is 2. The third kappa shape index (κ3) is 7.19. The molecule has 0 aliphatic carbocycles. The predicted octanol–water partition coefficient (Wildman–Crippen LogP) is 7.01. The van der Waals surface area contributed by atoms with Gasteiger partial charge in [0.15, 0.2) is 17.3 Å². The zero-order valence-corrected chi connectivity index (χ0v) is 27.0.